The third-order valence-corrected chi connectivity index (χ3v) is 0.689. The molecule has 0 saturated carbocycles. The second kappa shape index (κ2) is 5.51. The molecule has 0 aromatic heterocycles. The van der Waals surface area contributed by atoms with Gasteiger partial charge < -0.3 is 9.99 Å². The van der Waals surface area contributed by atoms with Crippen molar-refractivity contribution in [2.24, 2.45) is 0 Å². The van der Waals surface area contributed by atoms with E-state index < -0.39 is 24.2 Å². The van der Waals surface area contributed by atoms with E-state index in [0.29, 0.717) is 0 Å². The molecule has 0 atom stereocenters. The molecule has 0 aliphatic rings. The van der Waals surface area contributed by atoms with Crippen LogP contribution >= 0.6 is 0 Å². The Balaban J connectivity index is 4.13. The van der Waals surface area contributed by atoms with Gasteiger partial charge in [-0.25, -0.2) is 14.3 Å². The summed E-state index contributed by atoms with van der Waals surface area (Å²) in [6.07, 6.45) is -2.80. The predicted molar refractivity (Wildman–Crippen MR) is 35.4 cm³/mol. The summed E-state index contributed by atoms with van der Waals surface area (Å²) < 4.78 is 14.8. The Morgan fingerprint density at radius 2 is 1.50 bits per heavy atom. The normalized spacial score (nSPS) is 10.3. The molecule has 0 unspecified atom stereocenters. The molecule has 0 aliphatic carbocycles. The van der Waals surface area contributed by atoms with Crippen molar-refractivity contribution < 1.29 is 38.4 Å². The Morgan fingerprint density at radius 1 is 1.00 bits per heavy atom. The lowest BCUT2D eigenvalue weighted by Crippen LogP contribution is -2.20. The third kappa shape index (κ3) is 5.52. The Hall–Kier alpha value is -2.12. The van der Waals surface area contributed by atoms with Crippen molar-refractivity contribution in [3.63, 3.8) is 0 Å². The standard InChI is InChI=1S/C6H6O8/c1-3(7)11-5(9)13-6(14-10)12-4(2)8/h1-2H3. The van der Waals surface area contributed by atoms with Gasteiger partial charge in [0.2, 0.25) is 0 Å². The molecule has 14 heavy (non-hydrogen) atoms. The molecule has 8 nitrogen and oxygen atoms in total. The highest BCUT2D eigenvalue weighted by Gasteiger charge is 2.28. The number of carbonyl (C=O) groups is 3. The predicted octanol–water partition coefficient (Wildman–Crippen LogP) is -0.820. The van der Waals surface area contributed by atoms with Crippen molar-refractivity contribution in [1.82, 2.24) is 0 Å². The molecule has 0 aromatic carbocycles. The number of hydrogen-bond donors (Lipinski definition) is 0. The Morgan fingerprint density at radius 3 is 1.86 bits per heavy atom. The van der Waals surface area contributed by atoms with Crippen LogP contribution in [-0.4, -0.2) is 24.2 Å². The van der Waals surface area contributed by atoms with Gasteiger partial charge in [-0.15, -0.1) is 0 Å². The van der Waals surface area contributed by atoms with Crippen molar-refractivity contribution in [1.29, 1.82) is 0 Å². The van der Waals surface area contributed by atoms with Crippen LogP contribution in [0.5, 0.6) is 0 Å². The van der Waals surface area contributed by atoms with Gasteiger partial charge in [-0.05, 0) is 0 Å². The molecule has 0 N–H and O–H groups in total. The van der Waals surface area contributed by atoms with Crippen molar-refractivity contribution >= 4 is 24.2 Å². The molecular formula is C6H6O8. The number of hydrogen-bond acceptors (Lipinski definition) is 7. The van der Waals surface area contributed by atoms with E-state index in [9.17, 15) is 19.6 Å². The molecule has 0 saturated heterocycles. The Bertz CT molecular complexity index is 278. The van der Waals surface area contributed by atoms with Gasteiger partial charge in [0, 0.05) is 6.92 Å². The van der Waals surface area contributed by atoms with E-state index in [0.717, 1.165) is 13.8 Å². The number of rotatable bonds is 0. The van der Waals surface area contributed by atoms with Crippen molar-refractivity contribution in [2.75, 3.05) is 0 Å². The fourth-order valence-corrected chi connectivity index (χ4v) is 0.378. The van der Waals surface area contributed by atoms with Gasteiger partial charge in [-0.3, -0.25) is 9.37 Å². The summed E-state index contributed by atoms with van der Waals surface area (Å²) in [5.41, 5.74) is 0. The summed E-state index contributed by atoms with van der Waals surface area (Å²) in [6, 6.07) is 0. The lowest BCUT2D eigenvalue weighted by molar-refractivity contribution is -0.868. The van der Waals surface area contributed by atoms with Crippen LogP contribution in [-0.2, 0) is 23.8 Å². The molecule has 0 amide bonds. The zero-order valence-electron chi connectivity index (χ0n) is 7.27. The highest BCUT2D eigenvalue weighted by molar-refractivity contribution is 5.89. The van der Waals surface area contributed by atoms with Crippen LogP contribution in [0.4, 0.5) is 9.37 Å². The maximum absolute atomic E-state index is 10.5. The zero-order chi connectivity index (χ0) is 11.1. The van der Waals surface area contributed by atoms with Crippen LogP contribution in [0.15, 0.2) is 0 Å². The largest absolute Gasteiger partial charge is 0.743 e. The minimum absolute atomic E-state index is 0.935. The van der Waals surface area contributed by atoms with Crippen LogP contribution in [0.1, 0.15) is 13.8 Å². The van der Waals surface area contributed by atoms with Gasteiger partial charge in [0.05, 0.1) is 6.92 Å². The first-order chi connectivity index (χ1) is 6.45. The summed E-state index contributed by atoms with van der Waals surface area (Å²) in [6.45, 7) is 1.88. The maximum Gasteiger partial charge on any atom is 0.743 e. The highest BCUT2D eigenvalue weighted by atomic mass is 17.1. The molecule has 0 fully saturated rings. The van der Waals surface area contributed by atoms with Gasteiger partial charge in [0.15, 0.2) is 0 Å². The minimum Gasteiger partial charge on any atom is -0.628 e. The number of ether oxygens (including phenoxy) is 3. The second-order valence-electron chi connectivity index (χ2n) is 1.87. The van der Waals surface area contributed by atoms with Crippen LogP contribution in [0.25, 0.3) is 0 Å². The van der Waals surface area contributed by atoms with E-state index in [1.165, 1.54) is 0 Å². The second-order valence-corrected chi connectivity index (χ2v) is 1.87. The summed E-state index contributed by atoms with van der Waals surface area (Å²) in [5.74, 6) is -1.89. The van der Waals surface area contributed by atoms with E-state index in [-0.39, 0.29) is 0 Å². The van der Waals surface area contributed by atoms with Gasteiger partial charge in [-0.1, -0.05) is 0 Å². The van der Waals surface area contributed by atoms with Crippen LogP contribution in [0, 0.1) is 0 Å². The lowest BCUT2D eigenvalue weighted by atomic mass is 10.8. The number of esters is 2. The van der Waals surface area contributed by atoms with Crippen molar-refractivity contribution in [3.8, 4) is 0 Å². The van der Waals surface area contributed by atoms with E-state index >= 15 is 0 Å². The summed E-state index contributed by atoms with van der Waals surface area (Å²) in [4.78, 5) is 31.0. The van der Waals surface area contributed by atoms with E-state index in [2.05, 4.69) is 18.8 Å². The van der Waals surface area contributed by atoms with Crippen LogP contribution in [0.3, 0.4) is 0 Å². The quantitative estimate of drug-likeness (QED) is 0.167. The topological polar surface area (TPSA) is 113 Å². The van der Waals surface area contributed by atoms with Gasteiger partial charge in [0.1, 0.15) is 0 Å². The van der Waals surface area contributed by atoms with E-state index in [1.807, 2.05) is 0 Å². The molecule has 78 valence electrons. The molecule has 8 heteroatoms. The van der Waals surface area contributed by atoms with Gasteiger partial charge in [-0.2, -0.15) is 4.79 Å². The molecule has 0 radical (unpaired) electrons. The zero-order valence-corrected chi connectivity index (χ0v) is 7.27. The molecule has 0 spiro atoms. The average Bonchev–Trinajstić information content (AvgIpc) is 2.00. The van der Waals surface area contributed by atoms with Crippen molar-refractivity contribution in [3.05, 3.63) is 0 Å². The monoisotopic (exact) mass is 206 g/mol. The number of carbonyl (C=O) groups excluding carboxylic acids is 4. The average molecular weight is 206 g/mol. The summed E-state index contributed by atoms with van der Waals surface area (Å²) in [7, 11) is 0. The van der Waals surface area contributed by atoms with Crippen LogP contribution < -0.4 is 5.26 Å². The molecule has 0 bridgehead atoms. The van der Waals surface area contributed by atoms with Crippen LogP contribution in [0.2, 0.25) is 0 Å². The molecular weight excluding hydrogens is 200 g/mol. The summed E-state index contributed by atoms with van der Waals surface area (Å²) in [5, 5.41) is 9.75. The SMILES string of the molecule is CC(=O)OC(=O)OC(OC(C)=O)=[O+][O-]. The Labute approximate surface area is 77.6 Å². The Kier molecular flexibility index (Phi) is 4.68. The maximum atomic E-state index is 10.5. The molecule has 0 rings (SSSR count). The summed E-state index contributed by atoms with van der Waals surface area (Å²) >= 11 is 0. The smallest absolute Gasteiger partial charge is 0.628 e. The molecule has 0 heterocycles. The lowest BCUT2D eigenvalue weighted by Gasteiger charge is -1.93. The highest BCUT2D eigenvalue weighted by Crippen LogP contribution is 1.93. The first-order valence-corrected chi connectivity index (χ1v) is 3.21. The van der Waals surface area contributed by atoms with Gasteiger partial charge in [0.25, 0.3) is 0 Å². The van der Waals surface area contributed by atoms with E-state index in [1.54, 1.807) is 0 Å². The minimum atomic E-state index is -1.54. The molecule has 0 aliphatic heterocycles. The van der Waals surface area contributed by atoms with Gasteiger partial charge >= 0.3 is 24.2 Å². The first kappa shape index (κ1) is 11.9. The first-order valence-electron chi connectivity index (χ1n) is 3.21. The molecule has 0 aromatic rings. The van der Waals surface area contributed by atoms with Crippen molar-refractivity contribution in [2.45, 2.75) is 13.8 Å². The van der Waals surface area contributed by atoms with E-state index in [4.69, 9.17) is 0 Å². The third-order valence-electron chi connectivity index (χ3n) is 0.689. The fraction of sp³-hybridized carbons (Fsp3) is 0.333. The fourth-order valence-electron chi connectivity index (χ4n) is 0.378.